The number of carbonyl (C=O) groups is 2. The summed E-state index contributed by atoms with van der Waals surface area (Å²) in [6.07, 6.45) is 3.60. The molecule has 2 heterocycles. The number of hydrogen-bond acceptors (Lipinski definition) is 4. The molecule has 1 amide bonds. The van der Waals surface area contributed by atoms with Crippen LogP contribution in [0.3, 0.4) is 0 Å². The van der Waals surface area contributed by atoms with Crippen molar-refractivity contribution in [2.24, 2.45) is 5.10 Å². The van der Waals surface area contributed by atoms with E-state index in [1.165, 1.54) is 18.3 Å². The first-order valence-corrected chi connectivity index (χ1v) is 7.98. The summed E-state index contributed by atoms with van der Waals surface area (Å²) in [5, 5.41) is 6.85. The molecule has 0 unspecified atom stereocenters. The molecular formula is C17H15N3O2S. The van der Waals surface area contributed by atoms with Gasteiger partial charge in [-0.15, -0.1) is 11.3 Å². The molecule has 1 aromatic carbocycles. The standard InChI is InChI=1S/C17H15N3O2S/c1-12(21)20-11-13(15-6-2-3-7-16(15)20)10-18-19-17(22)9-14-5-4-8-23-14/h2-8,10-11H,9H2,1H3,(H,19,22)/b18-10+. The smallest absolute Gasteiger partial charge is 0.245 e. The van der Waals surface area contributed by atoms with E-state index in [0.717, 1.165) is 21.3 Å². The molecule has 116 valence electrons. The van der Waals surface area contributed by atoms with E-state index in [2.05, 4.69) is 10.5 Å². The molecule has 1 N–H and O–H groups in total. The van der Waals surface area contributed by atoms with E-state index in [0.29, 0.717) is 6.42 Å². The first kappa shape index (κ1) is 15.2. The molecule has 0 fully saturated rings. The highest BCUT2D eigenvalue weighted by Crippen LogP contribution is 2.19. The van der Waals surface area contributed by atoms with E-state index in [-0.39, 0.29) is 11.8 Å². The van der Waals surface area contributed by atoms with Crippen molar-refractivity contribution in [1.82, 2.24) is 9.99 Å². The second-order valence-corrected chi connectivity index (χ2v) is 6.07. The maximum atomic E-state index is 11.8. The minimum Gasteiger partial charge on any atom is -0.287 e. The van der Waals surface area contributed by atoms with E-state index in [9.17, 15) is 9.59 Å². The van der Waals surface area contributed by atoms with Crippen molar-refractivity contribution >= 4 is 40.3 Å². The van der Waals surface area contributed by atoms with E-state index in [4.69, 9.17) is 0 Å². The number of nitrogens with zero attached hydrogens (tertiary/aromatic N) is 2. The second-order valence-electron chi connectivity index (χ2n) is 5.04. The molecule has 3 aromatic rings. The number of carbonyl (C=O) groups excluding carboxylic acids is 2. The van der Waals surface area contributed by atoms with Crippen LogP contribution in [0.1, 0.15) is 22.2 Å². The van der Waals surface area contributed by atoms with Crippen LogP contribution in [0.15, 0.2) is 53.1 Å². The van der Waals surface area contributed by atoms with Crippen LogP contribution in [0.2, 0.25) is 0 Å². The third-order valence-electron chi connectivity index (χ3n) is 3.39. The van der Waals surface area contributed by atoms with Gasteiger partial charge in [0.15, 0.2) is 0 Å². The zero-order valence-electron chi connectivity index (χ0n) is 12.5. The van der Waals surface area contributed by atoms with Crippen LogP contribution >= 0.6 is 11.3 Å². The molecule has 0 saturated carbocycles. The van der Waals surface area contributed by atoms with Gasteiger partial charge in [-0.1, -0.05) is 24.3 Å². The van der Waals surface area contributed by atoms with Gasteiger partial charge in [0.05, 0.1) is 18.2 Å². The van der Waals surface area contributed by atoms with Gasteiger partial charge in [-0.25, -0.2) is 5.43 Å². The molecule has 0 radical (unpaired) electrons. The highest BCUT2D eigenvalue weighted by atomic mass is 32.1. The number of fused-ring (bicyclic) bond motifs is 1. The molecule has 6 heteroatoms. The Morgan fingerprint density at radius 1 is 1.26 bits per heavy atom. The Morgan fingerprint density at radius 2 is 2.09 bits per heavy atom. The van der Waals surface area contributed by atoms with Gasteiger partial charge in [0, 0.05) is 28.9 Å². The summed E-state index contributed by atoms with van der Waals surface area (Å²) in [6.45, 7) is 1.51. The lowest BCUT2D eigenvalue weighted by Gasteiger charge is -1.97. The minimum absolute atomic E-state index is 0.0671. The van der Waals surface area contributed by atoms with Crippen LogP contribution in [0.25, 0.3) is 10.9 Å². The van der Waals surface area contributed by atoms with Crippen molar-refractivity contribution in [3.05, 3.63) is 58.4 Å². The molecule has 0 saturated heterocycles. The number of benzene rings is 1. The SMILES string of the molecule is CC(=O)n1cc(/C=N/NC(=O)Cc2cccs2)c2ccccc21. The lowest BCUT2D eigenvalue weighted by Crippen LogP contribution is -2.19. The van der Waals surface area contributed by atoms with E-state index in [1.807, 2.05) is 41.8 Å². The van der Waals surface area contributed by atoms with Crippen LogP contribution in [-0.4, -0.2) is 22.6 Å². The zero-order valence-corrected chi connectivity index (χ0v) is 13.3. The van der Waals surface area contributed by atoms with Crippen molar-refractivity contribution in [1.29, 1.82) is 0 Å². The Hall–Kier alpha value is -2.73. The predicted molar refractivity (Wildman–Crippen MR) is 92.0 cm³/mol. The van der Waals surface area contributed by atoms with Gasteiger partial charge in [0.25, 0.3) is 0 Å². The molecule has 0 atom stereocenters. The molecular weight excluding hydrogens is 310 g/mol. The highest BCUT2D eigenvalue weighted by molar-refractivity contribution is 7.10. The number of aromatic nitrogens is 1. The summed E-state index contributed by atoms with van der Waals surface area (Å²) >= 11 is 1.54. The third-order valence-corrected chi connectivity index (χ3v) is 4.27. The molecule has 5 nitrogen and oxygen atoms in total. The van der Waals surface area contributed by atoms with Gasteiger partial charge < -0.3 is 0 Å². The Balaban J connectivity index is 1.76. The molecule has 0 aliphatic heterocycles. The number of amides is 1. The summed E-state index contributed by atoms with van der Waals surface area (Å²) in [6, 6.07) is 11.4. The van der Waals surface area contributed by atoms with Crippen LogP contribution in [-0.2, 0) is 11.2 Å². The first-order chi connectivity index (χ1) is 11.1. The molecule has 23 heavy (non-hydrogen) atoms. The Labute approximate surface area is 137 Å². The fraction of sp³-hybridized carbons (Fsp3) is 0.118. The normalized spacial score (nSPS) is 11.2. The number of rotatable bonds is 4. The van der Waals surface area contributed by atoms with E-state index in [1.54, 1.807) is 17.0 Å². The van der Waals surface area contributed by atoms with Crippen molar-refractivity contribution in [2.45, 2.75) is 13.3 Å². The molecule has 0 bridgehead atoms. The average molecular weight is 325 g/mol. The zero-order chi connectivity index (χ0) is 16.2. The molecule has 2 aromatic heterocycles. The third kappa shape index (κ3) is 3.37. The van der Waals surface area contributed by atoms with E-state index < -0.39 is 0 Å². The Morgan fingerprint density at radius 3 is 2.83 bits per heavy atom. The molecule has 0 aliphatic carbocycles. The van der Waals surface area contributed by atoms with Gasteiger partial charge in [0.1, 0.15) is 0 Å². The summed E-state index contributed by atoms with van der Waals surface area (Å²) in [5.74, 6) is -0.235. The maximum absolute atomic E-state index is 11.8. The monoisotopic (exact) mass is 325 g/mol. The number of nitrogens with one attached hydrogen (secondary N) is 1. The van der Waals surface area contributed by atoms with Gasteiger partial charge >= 0.3 is 0 Å². The van der Waals surface area contributed by atoms with Crippen LogP contribution in [0, 0.1) is 0 Å². The van der Waals surface area contributed by atoms with Gasteiger partial charge in [0.2, 0.25) is 11.8 Å². The first-order valence-electron chi connectivity index (χ1n) is 7.10. The van der Waals surface area contributed by atoms with Crippen molar-refractivity contribution < 1.29 is 9.59 Å². The van der Waals surface area contributed by atoms with Crippen molar-refractivity contribution in [3.63, 3.8) is 0 Å². The van der Waals surface area contributed by atoms with Crippen LogP contribution < -0.4 is 5.43 Å². The molecule has 0 spiro atoms. The fourth-order valence-electron chi connectivity index (χ4n) is 2.35. The fourth-order valence-corrected chi connectivity index (χ4v) is 3.06. The van der Waals surface area contributed by atoms with Gasteiger partial charge in [-0.2, -0.15) is 5.10 Å². The predicted octanol–water partition coefficient (Wildman–Crippen LogP) is 3.06. The quantitative estimate of drug-likeness (QED) is 0.592. The highest BCUT2D eigenvalue weighted by Gasteiger charge is 2.09. The largest absolute Gasteiger partial charge is 0.287 e. The second kappa shape index (κ2) is 6.58. The Kier molecular flexibility index (Phi) is 4.34. The van der Waals surface area contributed by atoms with Crippen LogP contribution in [0.5, 0.6) is 0 Å². The Bertz CT molecular complexity index is 879. The topological polar surface area (TPSA) is 63.5 Å². The van der Waals surface area contributed by atoms with E-state index >= 15 is 0 Å². The van der Waals surface area contributed by atoms with Crippen molar-refractivity contribution in [2.75, 3.05) is 0 Å². The summed E-state index contributed by atoms with van der Waals surface area (Å²) in [5.41, 5.74) is 4.13. The van der Waals surface area contributed by atoms with Gasteiger partial charge in [-0.3, -0.25) is 14.2 Å². The molecule has 0 aliphatic rings. The molecule has 3 rings (SSSR count). The van der Waals surface area contributed by atoms with Gasteiger partial charge in [-0.05, 0) is 17.5 Å². The lowest BCUT2D eigenvalue weighted by atomic mass is 10.2. The number of hydrogen-bond donors (Lipinski definition) is 1. The summed E-state index contributed by atoms with van der Waals surface area (Å²) in [7, 11) is 0. The summed E-state index contributed by atoms with van der Waals surface area (Å²) < 4.78 is 1.57. The van der Waals surface area contributed by atoms with Crippen molar-refractivity contribution in [3.8, 4) is 0 Å². The minimum atomic E-state index is -0.168. The average Bonchev–Trinajstić information content (AvgIpc) is 3.15. The number of para-hydroxylation sites is 1. The number of hydrazone groups is 1. The maximum Gasteiger partial charge on any atom is 0.245 e. The number of thiophene rings is 1. The lowest BCUT2D eigenvalue weighted by molar-refractivity contribution is -0.120. The van der Waals surface area contributed by atoms with Crippen LogP contribution in [0.4, 0.5) is 0 Å². The summed E-state index contributed by atoms with van der Waals surface area (Å²) in [4.78, 5) is 24.5.